The Hall–Kier alpha value is -4.86. The zero-order chi connectivity index (χ0) is 22.1. The van der Waals surface area contributed by atoms with E-state index in [1.165, 1.54) is 16.3 Å². The summed E-state index contributed by atoms with van der Waals surface area (Å²) >= 11 is 0. The van der Waals surface area contributed by atoms with Crippen LogP contribution in [0.1, 0.15) is 11.1 Å². The molecule has 0 saturated heterocycles. The maximum absolute atomic E-state index is 9.50. The Morgan fingerprint density at radius 1 is 0.515 bits per heavy atom. The molecule has 0 aliphatic rings. The summed E-state index contributed by atoms with van der Waals surface area (Å²) in [7, 11) is 0. The summed E-state index contributed by atoms with van der Waals surface area (Å²) in [4.78, 5) is 0. The third-order valence-electron chi connectivity index (χ3n) is 6.73. The van der Waals surface area contributed by atoms with Crippen LogP contribution in [0.3, 0.4) is 0 Å². The standard InChI is InChI=1S/C30H15N3/c31-16-18-5-9-24-26-14-23(22-8-7-20-3-1-2-4-21(20)13-22)15-27-25-10-6-19(17-32)12-29(25)33(30(26)27)28(24)11-18/h1-15H. The molecule has 0 N–H and O–H groups in total. The molecule has 0 saturated carbocycles. The fourth-order valence-electron chi connectivity index (χ4n) is 5.22. The van der Waals surface area contributed by atoms with Crippen molar-refractivity contribution in [2.45, 2.75) is 0 Å². The van der Waals surface area contributed by atoms with Crippen molar-refractivity contribution in [3.63, 3.8) is 0 Å². The number of nitrogens with zero attached hydrogens (tertiary/aromatic N) is 3. The van der Waals surface area contributed by atoms with Crippen LogP contribution in [0.4, 0.5) is 0 Å². The number of hydrogen-bond donors (Lipinski definition) is 0. The lowest BCUT2D eigenvalue weighted by atomic mass is 9.97. The maximum atomic E-state index is 9.50. The Labute approximate surface area is 189 Å². The molecule has 2 heterocycles. The van der Waals surface area contributed by atoms with E-state index in [1.54, 1.807) is 0 Å². The fraction of sp³-hybridized carbons (Fsp3) is 0. The number of rotatable bonds is 1. The van der Waals surface area contributed by atoms with E-state index in [0.29, 0.717) is 11.1 Å². The highest BCUT2D eigenvalue weighted by atomic mass is 14.9. The van der Waals surface area contributed by atoms with E-state index in [4.69, 9.17) is 0 Å². The molecule has 0 bridgehead atoms. The van der Waals surface area contributed by atoms with Gasteiger partial charge in [0.15, 0.2) is 0 Å². The SMILES string of the molecule is N#Cc1ccc2c3cc(-c4ccc5ccccc5c4)cc4c5ccc(C#N)cc5n(c2c1)c34. The summed E-state index contributed by atoms with van der Waals surface area (Å²) in [6.45, 7) is 0. The minimum Gasteiger partial charge on any atom is -0.308 e. The molecule has 5 aromatic carbocycles. The van der Waals surface area contributed by atoms with Crippen LogP contribution in [0, 0.1) is 22.7 Å². The van der Waals surface area contributed by atoms with Gasteiger partial charge in [0.25, 0.3) is 0 Å². The third-order valence-corrected chi connectivity index (χ3v) is 6.73. The number of hydrogen-bond acceptors (Lipinski definition) is 2. The molecule has 3 nitrogen and oxygen atoms in total. The van der Waals surface area contributed by atoms with Gasteiger partial charge < -0.3 is 4.40 Å². The molecule has 33 heavy (non-hydrogen) atoms. The molecular weight excluding hydrogens is 402 g/mol. The second kappa shape index (κ2) is 6.33. The zero-order valence-electron chi connectivity index (χ0n) is 17.5. The van der Waals surface area contributed by atoms with Gasteiger partial charge in [-0.3, -0.25) is 0 Å². The molecular formula is C30H15N3. The predicted octanol–water partition coefficient (Wildman–Crippen LogP) is 7.40. The minimum atomic E-state index is 0.628. The van der Waals surface area contributed by atoms with E-state index in [-0.39, 0.29) is 0 Å². The Morgan fingerprint density at radius 3 is 1.73 bits per heavy atom. The Morgan fingerprint density at radius 2 is 1.12 bits per heavy atom. The molecule has 2 aromatic heterocycles. The second-order valence-corrected chi connectivity index (χ2v) is 8.50. The van der Waals surface area contributed by atoms with Crippen LogP contribution in [0.25, 0.3) is 60.0 Å². The maximum Gasteiger partial charge on any atom is 0.0992 e. The molecule has 7 aromatic rings. The number of benzene rings is 5. The average Bonchev–Trinajstić information content (AvgIpc) is 3.38. The van der Waals surface area contributed by atoms with Crippen LogP contribution in [-0.4, -0.2) is 4.40 Å². The first-order valence-corrected chi connectivity index (χ1v) is 10.8. The number of fused-ring (bicyclic) bond motifs is 7. The molecule has 7 rings (SSSR count). The van der Waals surface area contributed by atoms with Crippen molar-refractivity contribution in [3.05, 3.63) is 102 Å². The molecule has 3 heteroatoms. The Kier molecular flexibility index (Phi) is 3.41. The molecule has 0 amide bonds. The van der Waals surface area contributed by atoms with Gasteiger partial charge in [0, 0.05) is 21.5 Å². The predicted molar refractivity (Wildman–Crippen MR) is 133 cm³/mol. The lowest BCUT2D eigenvalue weighted by molar-refractivity contribution is 1.36. The van der Waals surface area contributed by atoms with Crippen molar-refractivity contribution in [3.8, 4) is 23.3 Å². The van der Waals surface area contributed by atoms with Crippen LogP contribution in [-0.2, 0) is 0 Å². The third kappa shape index (κ3) is 2.37. The van der Waals surface area contributed by atoms with Crippen LogP contribution < -0.4 is 0 Å². The number of nitriles is 2. The quantitative estimate of drug-likeness (QED) is 0.279. The summed E-state index contributed by atoms with van der Waals surface area (Å²) in [5, 5.41) is 26.0. The van der Waals surface area contributed by atoms with Gasteiger partial charge in [-0.05, 0) is 64.4 Å². The van der Waals surface area contributed by atoms with Gasteiger partial charge in [-0.25, -0.2) is 0 Å². The summed E-state index contributed by atoms with van der Waals surface area (Å²) in [6, 6.07) is 35.8. The molecule has 0 fully saturated rings. The molecule has 0 radical (unpaired) electrons. The molecule has 0 spiro atoms. The van der Waals surface area contributed by atoms with Gasteiger partial charge in [-0.1, -0.05) is 48.5 Å². The first kappa shape index (κ1) is 17.8. The normalized spacial score (nSPS) is 11.6. The first-order chi connectivity index (χ1) is 16.2. The van der Waals surface area contributed by atoms with Crippen molar-refractivity contribution in [2.75, 3.05) is 0 Å². The summed E-state index contributed by atoms with van der Waals surface area (Å²) in [5.41, 5.74) is 6.71. The van der Waals surface area contributed by atoms with Gasteiger partial charge >= 0.3 is 0 Å². The lowest BCUT2D eigenvalue weighted by Gasteiger charge is -2.06. The largest absolute Gasteiger partial charge is 0.308 e. The molecule has 150 valence electrons. The van der Waals surface area contributed by atoms with Gasteiger partial charge in [0.1, 0.15) is 0 Å². The van der Waals surface area contributed by atoms with Crippen LogP contribution in [0.15, 0.2) is 91.0 Å². The molecule has 0 aliphatic carbocycles. The van der Waals surface area contributed by atoms with Crippen molar-refractivity contribution in [1.29, 1.82) is 10.5 Å². The summed E-state index contributed by atoms with van der Waals surface area (Å²) in [5.74, 6) is 0. The van der Waals surface area contributed by atoms with E-state index in [1.807, 2.05) is 36.4 Å². The van der Waals surface area contributed by atoms with E-state index in [9.17, 15) is 10.5 Å². The Bertz CT molecular complexity index is 1890. The highest BCUT2D eigenvalue weighted by Gasteiger charge is 2.19. The van der Waals surface area contributed by atoms with E-state index >= 15 is 0 Å². The fourth-order valence-corrected chi connectivity index (χ4v) is 5.22. The molecule has 0 unspecified atom stereocenters. The van der Waals surface area contributed by atoms with Gasteiger partial charge in [-0.15, -0.1) is 0 Å². The minimum absolute atomic E-state index is 0.628. The lowest BCUT2D eigenvalue weighted by Crippen LogP contribution is -1.83. The van der Waals surface area contributed by atoms with E-state index < -0.39 is 0 Å². The van der Waals surface area contributed by atoms with Crippen LogP contribution >= 0.6 is 0 Å². The monoisotopic (exact) mass is 417 g/mol. The van der Waals surface area contributed by atoms with Gasteiger partial charge in [0.05, 0.1) is 39.8 Å². The Balaban J connectivity index is 1.66. The first-order valence-electron chi connectivity index (χ1n) is 10.8. The topological polar surface area (TPSA) is 52.0 Å². The average molecular weight is 417 g/mol. The second-order valence-electron chi connectivity index (χ2n) is 8.50. The van der Waals surface area contributed by atoms with Crippen molar-refractivity contribution < 1.29 is 0 Å². The molecule has 0 aliphatic heterocycles. The zero-order valence-corrected chi connectivity index (χ0v) is 17.5. The van der Waals surface area contributed by atoms with Crippen LogP contribution in [0.5, 0.6) is 0 Å². The molecule has 0 atom stereocenters. The van der Waals surface area contributed by atoms with Crippen molar-refractivity contribution in [1.82, 2.24) is 4.40 Å². The van der Waals surface area contributed by atoms with Crippen LogP contribution in [0.2, 0.25) is 0 Å². The van der Waals surface area contributed by atoms with Gasteiger partial charge in [-0.2, -0.15) is 10.5 Å². The number of aromatic nitrogens is 1. The van der Waals surface area contributed by atoms with Crippen molar-refractivity contribution >= 4 is 48.9 Å². The summed E-state index contributed by atoms with van der Waals surface area (Å²) in [6.07, 6.45) is 0. The summed E-state index contributed by atoms with van der Waals surface area (Å²) < 4.78 is 2.21. The van der Waals surface area contributed by atoms with Gasteiger partial charge in [0.2, 0.25) is 0 Å². The van der Waals surface area contributed by atoms with E-state index in [0.717, 1.165) is 43.7 Å². The highest BCUT2D eigenvalue weighted by molar-refractivity contribution is 6.24. The smallest absolute Gasteiger partial charge is 0.0992 e. The van der Waals surface area contributed by atoms with Crippen molar-refractivity contribution in [2.24, 2.45) is 0 Å². The van der Waals surface area contributed by atoms with E-state index in [2.05, 4.69) is 71.1 Å². The highest BCUT2D eigenvalue weighted by Crippen LogP contribution is 2.42.